The molecule has 1 atom stereocenters. The Labute approximate surface area is 89.5 Å². The highest BCUT2D eigenvalue weighted by Gasteiger charge is 2.37. The Morgan fingerprint density at radius 3 is 2.93 bits per heavy atom. The van der Waals surface area contributed by atoms with E-state index in [1.165, 1.54) is 0 Å². The molecule has 0 saturated heterocycles. The smallest absolute Gasteiger partial charge is 0.216 e. The molecule has 0 radical (unpaired) electrons. The van der Waals surface area contributed by atoms with Crippen LogP contribution in [0.15, 0.2) is 18.3 Å². The van der Waals surface area contributed by atoms with Gasteiger partial charge in [0.25, 0.3) is 0 Å². The van der Waals surface area contributed by atoms with E-state index < -0.39 is 0 Å². The SMILES string of the molecule is COc1ncccc1C1(C)CCC(=O)C1. The lowest BCUT2D eigenvalue weighted by molar-refractivity contribution is -0.117. The first-order chi connectivity index (χ1) is 7.15. The van der Waals surface area contributed by atoms with Crippen molar-refractivity contribution in [1.82, 2.24) is 4.98 Å². The average molecular weight is 205 g/mol. The molecular weight excluding hydrogens is 190 g/mol. The lowest BCUT2D eigenvalue weighted by Crippen LogP contribution is -2.19. The maximum Gasteiger partial charge on any atom is 0.216 e. The summed E-state index contributed by atoms with van der Waals surface area (Å²) in [6.45, 7) is 2.11. The van der Waals surface area contributed by atoms with Crippen molar-refractivity contribution in [2.45, 2.75) is 31.6 Å². The number of rotatable bonds is 2. The molecule has 1 aliphatic rings. The molecule has 3 heteroatoms. The molecule has 0 bridgehead atoms. The largest absolute Gasteiger partial charge is 0.481 e. The predicted octanol–water partition coefficient (Wildman–Crippen LogP) is 2.10. The number of carbonyl (C=O) groups excluding carboxylic acids is 1. The Bertz CT molecular complexity index is 389. The first kappa shape index (κ1) is 10.1. The summed E-state index contributed by atoms with van der Waals surface area (Å²) in [5.74, 6) is 0.984. The average Bonchev–Trinajstić information content (AvgIpc) is 2.60. The molecular formula is C12H15NO2. The van der Waals surface area contributed by atoms with Gasteiger partial charge in [-0.25, -0.2) is 4.98 Å². The van der Waals surface area contributed by atoms with Crippen LogP contribution in [0.5, 0.6) is 5.88 Å². The second-order valence-electron chi connectivity index (χ2n) is 4.34. The van der Waals surface area contributed by atoms with Gasteiger partial charge in [-0.1, -0.05) is 13.0 Å². The van der Waals surface area contributed by atoms with Gasteiger partial charge in [0.15, 0.2) is 0 Å². The van der Waals surface area contributed by atoms with Gasteiger partial charge in [0, 0.05) is 30.0 Å². The Morgan fingerprint density at radius 2 is 2.33 bits per heavy atom. The van der Waals surface area contributed by atoms with Gasteiger partial charge >= 0.3 is 0 Å². The quantitative estimate of drug-likeness (QED) is 0.742. The van der Waals surface area contributed by atoms with Crippen molar-refractivity contribution < 1.29 is 9.53 Å². The molecule has 0 aliphatic heterocycles. The minimum Gasteiger partial charge on any atom is -0.481 e. The fourth-order valence-electron chi connectivity index (χ4n) is 2.27. The number of Topliss-reactive ketones (excluding diaryl/α,β-unsaturated/α-hetero) is 1. The summed E-state index contributed by atoms with van der Waals surface area (Å²) in [5.41, 5.74) is 0.967. The van der Waals surface area contributed by atoms with Crippen molar-refractivity contribution in [2.75, 3.05) is 7.11 Å². The van der Waals surface area contributed by atoms with Crippen LogP contribution in [0.2, 0.25) is 0 Å². The highest BCUT2D eigenvalue weighted by molar-refractivity contribution is 5.82. The van der Waals surface area contributed by atoms with E-state index >= 15 is 0 Å². The second-order valence-corrected chi connectivity index (χ2v) is 4.34. The van der Waals surface area contributed by atoms with Gasteiger partial charge in [-0.2, -0.15) is 0 Å². The van der Waals surface area contributed by atoms with Gasteiger partial charge < -0.3 is 4.74 Å². The molecule has 15 heavy (non-hydrogen) atoms. The zero-order valence-corrected chi connectivity index (χ0v) is 9.12. The molecule has 0 spiro atoms. The molecule has 1 saturated carbocycles. The molecule has 80 valence electrons. The van der Waals surface area contributed by atoms with Crippen LogP contribution in [0, 0.1) is 0 Å². The topological polar surface area (TPSA) is 39.2 Å². The van der Waals surface area contributed by atoms with E-state index in [-0.39, 0.29) is 5.41 Å². The first-order valence-corrected chi connectivity index (χ1v) is 5.17. The number of pyridine rings is 1. The number of ketones is 1. The van der Waals surface area contributed by atoms with Gasteiger partial charge in [0.2, 0.25) is 5.88 Å². The summed E-state index contributed by atoms with van der Waals surface area (Å²) in [5, 5.41) is 0. The summed E-state index contributed by atoms with van der Waals surface area (Å²) in [7, 11) is 1.62. The molecule has 0 N–H and O–H groups in total. The van der Waals surface area contributed by atoms with Crippen LogP contribution in [0.25, 0.3) is 0 Å². The normalized spacial score (nSPS) is 25.6. The predicted molar refractivity (Wildman–Crippen MR) is 57.0 cm³/mol. The van der Waals surface area contributed by atoms with Crippen molar-refractivity contribution in [1.29, 1.82) is 0 Å². The van der Waals surface area contributed by atoms with E-state index in [1.54, 1.807) is 13.3 Å². The Balaban J connectivity index is 2.40. The fraction of sp³-hybridized carbons (Fsp3) is 0.500. The number of hydrogen-bond donors (Lipinski definition) is 0. The molecule has 2 rings (SSSR count). The number of methoxy groups -OCH3 is 1. The molecule has 1 aromatic heterocycles. The summed E-state index contributed by atoms with van der Waals surface area (Å²) >= 11 is 0. The van der Waals surface area contributed by atoms with E-state index in [0.29, 0.717) is 24.5 Å². The number of carbonyl (C=O) groups is 1. The fourth-order valence-corrected chi connectivity index (χ4v) is 2.27. The van der Waals surface area contributed by atoms with Crippen LogP contribution in [0.3, 0.4) is 0 Å². The van der Waals surface area contributed by atoms with E-state index in [1.807, 2.05) is 12.1 Å². The molecule has 1 aromatic rings. The van der Waals surface area contributed by atoms with Gasteiger partial charge in [-0.3, -0.25) is 4.79 Å². The summed E-state index contributed by atoms with van der Waals surface area (Å²) in [4.78, 5) is 15.5. The van der Waals surface area contributed by atoms with Crippen LogP contribution in [-0.2, 0) is 10.2 Å². The van der Waals surface area contributed by atoms with Gasteiger partial charge in [-0.05, 0) is 12.5 Å². The third-order valence-corrected chi connectivity index (χ3v) is 3.16. The molecule has 1 aliphatic carbocycles. The zero-order valence-electron chi connectivity index (χ0n) is 9.12. The van der Waals surface area contributed by atoms with Crippen molar-refractivity contribution in [3.05, 3.63) is 23.9 Å². The molecule has 3 nitrogen and oxygen atoms in total. The highest BCUT2D eigenvalue weighted by atomic mass is 16.5. The van der Waals surface area contributed by atoms with Crippen LogP contribution < -0.4 is 4.74 Å². The minimum atomic E-state index is -0.0866. The zero-order chi connectivity index (χ0) is 10.9. The Morgan fingerprint density at radius 1 is 1.53 bits per heavy atom. The van der Waals surface area contributed by atoms with Gasteiger partial charge in [0.05, 0.1) is 7.11 Å². The van der Waals surface area contributed by atoms with Crippen molar-refractivity contribution in [3.8, 4) is 5.88 Å². The van der Waals surface area contributed by atoms with Crippen LogP contribution >= 0.6 is 0 Å². The van der Waals surface area contributed by atoms with Crippen molar-refractivity contribution in [2.24, 2.45) is 0 Å². The maximum atomic E-state index is 11.4. The van der Waals surface area contributed by atoms with Gasteiger partial charge in [-0.15, -0.1) is 0 Å². The minimum absolute atomic E-state index is 0.0866. The standard InChI is InChI=1S/C12H15NO2/c1-12(6-5-9(14)8-12)10-4-3-7-13-11(10)15-2/h3-4,7H,5-6,8H2,1-2H3. The lowest BCUT2D eigenvalue weighted by Gasteiger charge is -2.24. The van der Waals surface area contributed by atoms with Crippen molar-refractivity contribution in [3.63, 3.8) is 0 Å². The summed E-state index contributed by atoms with van der Waals surface area (Å²) < 4.78 is 5.24. The second kappa shape index (κ2) is 3.65. The number of aromatic nitrogens is 1. The third kappa shape index (κ3) is 1.74. The van der Waals surface area contributed by atoms with Crippen LogP contribution in [0.4, 0.5) is 0 Å². The monoisotopic (exact) mass is 205 g/mol. The Kier molecular flexibility index (Phi) is 2.47. The molecule has 0 aromatic carbocycles. The number of ether oxygens (including phenoxy) is 1. The highest BCUT2D eigenvalue weighted by Crippen LogP contribution is 2.41. The molecule has 1 fully saturated rings. The number of hydrogen-bond acceptors (Lipinski definition) is 3. The van der Waals surface area contributed by atoms with Crippen LogP contribution in [-0.4, -0.2) is 17.9 Å². The maximum absolute atomic E-state index is 11.4. The van der Waals surface area contributed by atoms with E-state index in [0.717, 1.165) is 12.0 Å². The summed E-state index contributed by atoms with van der Waals surface area (Å²) in [6, 6.07) is 3.90. The van der Waals surface area contributed by atoms with E-state index in [2.05, 4.69) is 11.9 Å². The first-order valence-electron chi connectivity index (χ1n) is 5.17. The lowest BCUT2D eigenvalue weighted by atomic mass is 9.81. The van der Waals surface area contributed by atoms with E-state index in [4.69, 9.17) is 4.74 Å². The molecule has 0 amide bonds. The van der Waals surface area contributed by atoms with Crippen LogP contribution in [0.1, 0.15) is 31.7 Å². The molecule has 1 heterocycles. The number of nitrogens with zero attached hydrogens (tertiary/aromatic N) is 1. The van der Waals surface area contributed by atoms with Gasteiger partial charge in [0.1, 0.15) is 5.78 Å². The Hall–Kier alpha value is -1.38. The molecule has 1 unspecified atom stereocenters. The van der Waals surface area contributed by atoms with Crippen molar-refractivity contribution >= 4 is 5.78 Å². The third-order valence-electron chi connectivity index (χ3n) is 3.16. The van der Waals surface area contributed by atoms with E-state index in [9.17, 15) is 4.79 Å². The summed E-state index contributed by atoms with van der Waals surface area (Å²) in [6.07, 6.45) is 3.89.